The minimum absolute atomic E-state index is 0.0652. The Bertz CT molecular complexity index is 1510. The zero-order valence-electron chi connectivity index (χ0n) is 21.5. The molecule has 2 aromatic carbocycles. The van der Waals surface area contributed by atoms with Gasteiger partial charge in [-0.2, -0.15) is 18.3 Å². The van der Waals surface area contributed by atoms with Crippen molar-refractivity contribution in [3.63, 3.8) is 0 Å². The monoisotopic (exact) mass is 557 g/mol. The highest BCUT2D eigenvalue weighted by molar-refractivity contribution is 5.90. The Morgan fingerprint density at radius 1 is 1.12 bits per heavy atom. The molecule has 0 spiro atoms. The number of aliphatic hydroxyl groups is 1. The number of nitrogens with two attached hydrogens (primary N) is 1. The lowest BCUT2D eigenvalue weighted by atomic mass is 10.1. The fourth-order valence-electron chi connectivity index (χ4n) is 4.43. The number of nitrogens with zero attached hydrogens (tertiary/aromatic N) is 4. The van der Waals surface area contributed by atoms with Gasteiger partial charge in [0.25, 0.3) is 0 Å². The van der Waals surface area contributed by atoms with Crippen molar-refractivity contribution in [1.82, 2.24) is 19.7 Å². The molecule has 40 heavy (non-hydrogen) atoms. The summed E-state index contributed by atoms with van der Waals surface area (Å²) in [6.07, 6.45) is -8.20. The van der Waals surface area contributed by atoms with Crippen LogP contribution >= 0.6 is 0 Å². The van der Waals surface area contributed by atoms with E-state index in [1.54, 1.807) is 36.4 Å². The zero-order chi connectivity index (χ0) is 28.6. The number of aryl methyl sites for hydroxylation is 2. The van der Waals surface area contributed by atoms with Crippen molar-refractivity contribution in [1.29, 1.82) is 0 Å². The number of alkyl halides is 3. The summed E-state index contributed by atoms with van der Waals surface area (Å²) >= 11 is 0. The predicted octanol–water partition coefficient (Wildman–Crippen LogP) is 4.26. The summed E-state index contributed by atoms with van der Waals surface area (Å²) in [7, 11) is 0. The molecule has 5 rings (SSSR count). The van der Waals surface area contributed by atoms with E-state index in [4.69, 9.17) is 19.9 Å². The first-order chi connectivity index (χ1) is 19.0. The third-order valence-electron chi connectivity index (χ3n) is 6.57. The maximum Gasteiger partial charge on any atom is 0.435 e. The molecule has 2 aromatic heterocycles. The average Bonchev–Trinajstić information content (AvgIpc) is 3.50. The van der Waals surface area contributed by atoms with Crippen molar-refractivity contribution in [2.45, 2.75) is 51.2 Å². The second-order valence-electron chi connectivity index (χ2n) is 9.52. The van der Waals surface area contributed by atoms with Crippen LogP contribution in [0.5, 0.6) is 0 Å². The highest BCUT2D eigenvalue weighted by Crippen LogP contribution is 2.39. The van der Waals surface area contributed by atoms with Crippen LogP contribution in [-0.4, -0.2) is 49.6 Å². The van der Waals surface area contributed by atoms with Gasteiger partial charge in [-0.05, 0) is 26.0 Å². The van der Waals surface area contributed by atoms with Crippen LogP contribution in [0, 0.1) is 13.8 Å². The minimum atomic E-state index is -4.83. The highest BCUT2D eigenvalue weighted by Gasteiger charge is 2.44. The van der Waals surface area contributed by atoms with Gasteiger partial charge < -0.3 is 25.1 Å². The summed E-state index contributed by atoms with van der Waals surface area (Å²) < 4.78 is 59.7. The molecule has 1 fully saturated rings. The molecule has 1 unspecified atom stereocenters. The number of halogens is 3. The fraction of sp³-hybridized carbons (Fsp3) is 0.333. The molecule has 3 heterocycles. The number of rotatable bonds is 7. The van der Waals surface area contributed by atoms with E-state index in [-0.39, 0.29) is 30.1 Å². The number of carbonyl (C=O) groups is 1. The number of anilines is 1. The predicted molar refractivity (Wildman–Crippen MR) is 136 cm³/mol. The molecule has 13 heteroatoms. The summed E-state index contributed by atoms with van der Waals surface area (Å²) in [6.45, 7) is 3.54. The van der Waals surface area contributed by atoms with E-state index in [2.05, 4.69) is 15.1 Å². The first-order valence-electron chi connectivity index (χ1n) is 12.4. The number of benzene rings is 2. The van der Waals surface area contributed by atoms with E-state index in [9.17, 15) is 23.1 Å². The van der Waals surface area contributed by atoms with Crippen molar-refractivity contribution in [3.05, 3.63) is 82.8 Å². The van der Waals surface area contributed by atoms with Gasteiger partial charge in [-0.3, -0.25) is 0 Å². The van der Waals surface area contributed by atoms with Crippen LogP contribution in [-0.2, 0) is 20.4 Å². The molecular formula is C27H26F3N5O5. The van der Waals surface area contributed by atoms with Crippen LogP contribution in [0.15, 0.2) is 54.9 Å². The number of esters is 1. The van der Waals surface area contributed by atoms with Crippen LogP contribution in [0.3, 0.4) is 0 Å². The van der Waals surface area contributed by atoms with E-state index in [0.29, 0.717) is 5.56 Å². The molecule has 0 bridgehead atoms. The summed E-state index contributed by atoms with van der Waals surface area (Å²) in [5, 5.41) is 13.8. The largest absolute Gasteiger partial charge is 0.456 e. The van der Waals surface area contributed by atoms with Crippen LogP contribution in [0.2, 0.25) is 0 Å². The van der Waals surface area contributed by atoms with Gasteiger partial charge in [-0.15, -0.1) is 0 Å². The van der Waals surface area contributed by atoms with Crippen molar-refractivity contribution in [2.75, 3.05) is 12.3 Å². The third-order valence-corrected chi connectivity index (χ3v) is 6.57. The summed E-state index contributed by atoms with van der Waals surface area (Å²) in [4.78, 5) is 20.5. The van der Waals surface area contributed by atoms with E-state index >= 15 is 0 Å². The van der Waals surface area contributed by atoms with Gasteiger partial charge in [0.1, 0.15) is 24.4 Å². The lowest BCUT2D eigenvalue weighted by Gasteiger charge is -2.21. The first kappa shape index (κ1) is 27.5. The van der Waals surface area contributed by atoms with Crippen molar-refractivity contribution < 1.29 is 37.3 Å². The summed E-state index contributed by atoms with van der Waals surface area (Å²) in [5.41, 5.74) is 7.03. The quantitative estimate of drug-likeness (QED) is 0.252. The second kappa shape index (κ2) is 10.8. The van der Waals surface area contributed by atoms with Gasteiger partial charge in [-0.25, -0.2) is 19.4 Å². The molecule has 210 valence electrons. The maximum atomic E-state index is 13.8. The lowest BCUT2D eigenvalue weighted by molar-refractivity contribution is -0.149. The number of nitrogen functional groups attached to an aromatic ring is 1. The molecule has 1 aliphatic heterocycles. The van der Waals surface area contributed by atoms with E-state index in [1.807, 2.05) is 26.0 Å². The van der Waals surface area contributed by atoms with Gasteiger partial charge in [0, 0.05) is 12.0 Å². The summed E-state index contributed by atoms with van der Waals surface area (Å²) in [5.74, 6) is -1.03. The molecule has 0 radical (unpaired) electrons. The van der Waals surface area contributed by atoms with Crippen LogP contribution < -0.4 is 5.73 Å². The molecule has 0 saturated carbocycles. The van der Waals surface area contributed by atoms with Crippen molar-refractivity contribution in [3.8, 4) is 0 Å². The molecule has 3 N–H and O–H groups in total. The molecule has 4 aromatic rings. The zero-order valence-corrected chi connectivity index (χ0v) is 21.5. The number of carbonyl (C=O) groups excluding carboxylic acids is 1. The Labute approximate surface area is 226 Å². The normalized spacial score (nSPS) is 20.1. The Hall–Kier alpha value is -4.07. The Morgan fingerprint density at radius 2 is 1.77 bits per heavy atom. The van der Waals surface area contributed by atoms with Gasteiger partial charge >= 0.3 is 12.1 Å². The first-order valence-corrected chi connectivity index (χ1v) is 12.4. The minimum Gasteiger partial charge on any atom is -0.456 e. The number of ether oxygens (including phenoxy) is 3. The van der Waals surface area contributed by atoms with Crippen LogP contribution in [0.4, 0.5) is 19.0 Å². The Balaban J connectivity index is 1.42. The van der Waals surface area contributed by atoms with Crippen molar-refractivity contribution in [2.24, 2.45) is 0 Å². The van der Waals surface area contributed by atoms with E-state index in [0.717, 1.165) is 22.1 Å². The molecule has 4 atom stereocenters. The fourth-order valence-corrected chi connectivity index (χ4v) is 4.43. The second-order valence-corrected chi connectivity index (χ2v) is 9.52. The topological polar surface area (TPSA) is 135 Å². The van der Waals surface area contributed by atoms with Gasteiger partial charge in [-0.1, -0.05) is 47.5 Å². The number of hydrogen-bond acceptors (Lipinski definition) is 9. The molecule has 1 aliphatic rings. The highest BCUT2D eigenvalue weighted by atomic mass is 19.4. The van der Waals surface area contributed by atoms with Crippen molar-refractivity contribution >= 4 is 22.8 Å². The van der Waals surface area contributed by atoms with Gasteiger partial charge in [0.15, 0.2) is 23.9 Å². The number of fused-ring (bicyclic) bond motifs is 1. The molecular weight excluding hydrogens is 531 g/mol. The van der Waals surface area contributed by atoms with Gasteiger partial charge in [0.05, 0.1) is 17.6 Å². The number of aromatic nitrogens is 4. The van der Waals surface area contributed by atoms with Crippen LogP contribution in [0.25, 0.3) is 11.0 Å². The average molecular weight is 558 g/mol. The van der Waals surface area contributed by atoms with E-state index in [1.165, 1.54) is 0 Å². The summed E-state index contributed by atoms with van der Waals surface area (Å²) in [6, 6.07) is 13.7. The molecule has 0 amide bonds. The molecule has 10 nitrogen and oxygen atoms in total. The smallest absolute Gasteiger partial charge is 0.435 e. The Kier molecular flexibility index (Phi) is 7.45. The maximum absolute atomic E-state index is 13.8. The molecule has 0 aliphatic carbocycles. The molecule has 1 saturated heterocycles. The Morgan fingerprint density at radius 3 is 2.42 bits per heavy atom. The lowest BCUT2D eigenvalue weighted by Crippen LogP contribution is -2.31. The van der Waals surface area contributed by atoms with Crippen LogP contribution in [0.1, 0.15) is 51.7 Å². The SMILES string of the molecule is Cc1ccc(C(=O)O[C@H]2C[C@H](n3nc(C(F)(F)F)c4c(N)ncnc43)O[C@@H]2COC(O)c2ccc(C)cc2)cc1. The van der Waals surface area contributed by atoms with E-state index < -0.39 is 48.0 Å². The number of hydrogen-bond donors (Lipinski definition) is 2. The third kappa shape index (κ3) is 5.62. The number of aliphatic hydroxyl groups excluding tert-OH is 1. The van der Waals surface area contributed by atoms with Gasteiger partial charge in [0.2, 0.25) is 0 Å². The standard InChI is InChI=1S/C27H26F3N5O5/c1-14-3-7-16(8-4-14)25(36)38-12-19-18(40-26(37)17-9-5-15(2)6-10-17)11-20(39-19)35-24-21(23(31)32-13-33-24)22(34-35)27(28,29)30/h3-10,13,18-20,25,36H,11-12H2,1-2H3,(H2,31,32,33)/t18-,19+,20+,25?/m0/s1.